The first-order valence-corrected chi connectivity index (χ1v) is 8.06. The molecule has 6 heteroatoms. The second-order valence-electron chi connectivity index (χ2n) is 5.26. The quantitative estimate of drug-likeness (QED) is 0.552. The molecule has 0 bridgehead atoms. The van der Waals surface area contributed by atoms with E-state index < -0.39 is 0 Å². The second kappa shape index (κ2) is 7.70. The maximum absolute atomic E-state index is 5.27. The van der Waals surface area contributed by atoms with Gasteiger partial charge in [-0.15, -0.1) is 0 Å². The molecule has 0 amide bonds. The van der Waals surface area contributed by atoms with Gasteiger partial charge >= 0.3 is 0 Å². The molecule has 0 aliphatic rings. The van der Waals surface area contributed by atoms with Crippen molar-refractivity contribution in [2.24, 2.45) is 5.10 Å². The van der Waals surface area contributed by atoms with E-state index >= 15 is 0 Å². The Balaban J connectivity index is 1.74. The number of aromatic nitrogens is 3. The minimum absolute atomic E-state index is 0.489. The van der Waals surface area contributed by atoms with Crippen LogP contribution in [-0.4, -0.2) is 28.2 Å². The van der Waals surface area contributed by atoms with Gasteiger partial charge in [-0.2, -0.15) is 14.9 Å². The van der Waals surface area contributed by atoms with Gasteiger partial charge in [0.2, 0.25) is 4.77 Å². The molecule has 0 spiro atoms. The third-order valence-electron chi connectivity index (χ3n) is 3.64. The van der Waals surface area contributed by atoms with Gasteiger partial charge in [-0.1, -0.05) is 30.3 Å². The number of benzene rings is 2. The van der Waals surface area contributed by atoms with Gasteiger partial charge in [-0.3, -0.25) is 5.10 Å². The maximum atomic E-state index is 5.27. The van der Waals surface area contributed by atoms with Crippen LogP contribution in [0.1, 0.15) is 17.0 Å². The fourth-order valence-electron chi connectivity index (χ4n) is 2.32. The Morgan fingerprint density at radius 2 is 1.88 bits per heavy atom. The largest absolute Gasteiger partial charge is 0.497 e. The van der Waals surface area contributed by atoms with Crippen molar-refractivity contribution in [3.8, 4) is 5.75 Å². The van der Waals surface area contributed by atoms with E-state index in [2.05, 4.69) is 27.4 Å². The molecule has 0 unspecified atom stereocenters. The minimum Gasteiger partial charge on any atom is -0.497 e. The molecule has 1 heterocycles. The number of H-pyrrole nitrogens is 1. The highest BCUT2D eigenvalue weighted by Gasteiger charge is 2.05. The molecule has 5 nitrogen and oxygen atoms in total. The molecule has 0 aliphatic carbocycles. The van der Waals surface area contributed by atoms with Crippen molar-refractivity contribution in [3.05, 3.63) is 76.3 Å². The van der Waals surface area contributed by atoms with Gasteiger partial charge in [0, 0.05) is 6.42 Å². The zero-order valence-electron chi connectivity index (χ0n) is 13.3. The highest BCUT2D eigenvalue weighted by Crippen LogP contribution is 2.10. The highest BCUT2D eigenvalue weighted by atomic mass is 32.1. The van der Waals surface area contributed by atoms with Gasteiger partial charge in [0.25, 0.3) is 0 Å². The van der Waals surface area contributed by atoms with E-state index in [1.807, 2.05) is 42.5 Å². The lowest BCUT2D eigenvalue weighted by Gasteiger charge is -2.02. The summed E-state index contributed by atoms with van der Waals surface area (Å²) in [5.41, 5.74) is 2.23. The van der Waals surface area contributed by atoms with Crippen LogP contribution in [0.15, 0.2) is 59.7 Å². The number of aryl methyl sites for hydroxylation is 2. The van der Waals surface area contributed by atoms with Crippen LogP contribution >= 0.6 is 12.2 Å². The fraction of sp³-hybridized carbons (Fsp3) is 0.167. The molecule has 122 valence electrons. The molecular formula is C18H18N4OS. The number of rotatable bonds is 6. The first-order chi connectivity index (χ1) is 11.8. The molecule has 3 rings (SSSR count). The van der Waals surface area contributed by atoms with Crippen molar-refractivity contribution < 1.29 is 4.74 Å². The predicted molar refractivity (Wildman–Crippen MR) is 97.2 cm³/mol. The van der Waals surface area contributed by atoms with Gasteiger partial charge in [0.05, 0.1) is 13.3 Å². The lowest BCUT2D eigenvalue weighted by atomic mass is 10.1. The van der Waals surface area contributed by atoms with E-state index in [0.717, 1.165) is 30.0 Å². The van der Waals surface area contributed by atoms with Crippen LogP contribution < -0.4 is 4.74 Å². The summed E-state index contributed by atoms with van der Waals surface area (Å²) in [7, 11) is 1.65. The van der Waals surface area contributed by atoms with E-state index in [1.165, 1.54) is 5.56 Å². The van der Waals surface area contributed by atoms with E-state index in [4.69, 9.17) is 17.0 Å². The van der Waals surface area contributed by atoms with E-state index in [9.17, 15) is 0 Å². The zero-order valence-corrected chi connectivity index (χ0v) is 14.2. The Kier molecular flexibility index (Phi) is 5.18. The Labute approximate surface area is 145 Å². The Morgan fingerprint density at radius 1 is 1.12 bits per heavy atom. The van der Waals surface area contributed by atoms with Gasteiger partial charge in [-0.25, -0.2) is 0 Å². The summed E-state index contributed by atoms with van der Waals surface area (Å²) in [6, 6.07) is 18.0. The van der Waals surface area contributed by atoms with Gasteiger partial charge in [-0.05, 0) is 54.0 Å². The lowest BCUT2D eigenvalue weighted by molar-refractivity contribution is 0.415. The van der Waals surface area contributed by atoms with Crippen LogP contribution in [0, 0.1) is 4.77 Å². The van der Waals surface area contributed by atoms with Crippen LogP contribution in [0.5, 0.6) is 5.75 Å². The van der Waals surface area contributed by atoms with E-state index in [1.54, 1.807) is 18.0 Å². The molecule has 0 atom stereocenters. The molecule has 24 heavy (non-hydrogen) atoms. The summed E-state index contributed by atoms with van der Waals surface area (Å²) in [5.74, 6) is 1.63. The summed E-state index contributed by atoms with van der Waals surface area (Å²) in [5, 5.41) is 11.5. The molecule has 1 N–H and O–H groups in total. The SMILES string of the molecule is COc1ccc(/C=N\n2c(CCc3ccccc3)n[nH]c2=S)cc1. The molecule has 1 aromatic heterocycles. The van der Waals surface area contributed by atoms with Crippen molar-refractivity contribution in [1.82, 2.24) is 14.9 Å². The number of hydrogen-bond acceptors (Lipinski definition) is 4. The summed E-state index contributed by atoms with van der Waals surface area (Å²) < 4.78 is 7.31. The number of hydrogen-bond donors (Lipinski definition) is 1. The molecule has 3 aromatic rings. The standard InChI is InChI=1S/C18H18N4OS/c1-23-16-10-7-15(8-11-16)13-19-22-17(20-21-18(22)24)12-9-14-5-3-2-4-6-14/h2-8,10-11,13H,9,12H2,1H3,(H,21,24)/b19-13-. The molecule has 0 radical (unpaired) electrons. The van der Waals surface area contributed by atoms with Crippen molar-refractivity contribution >= 4 is 18.4 Å². The van der Waals surface area contributed by atoms with Gasteiger partial charge in [0.15, 0.2) is 5.82 Å². The summed E-state index contributed by atoms with van der Waals surface area (Å²) in [6.07, 6.45) is 3.41. The summed E-state index contributed by atoms with van der Waals surface area (Å²) in [6.45, 7) is 0. The number of nitrogens with one attached hydrogen (secondary N) is 1. The average molecular weight is 338 g/mol. The van der Waals surface area contributed by atoms with Crippen molar-refractivity contribution in [3.63, 3.8) is 0 Å². The third-order valence-corrected chi connectivity index (χ3v) is 3.90. The average Bonchev–Trinajstić information content (AvgIpc) is 2.99. The molecule has 0 fully saturated rings. The summed E-state index contributed by atoms with van der Waals surface area (Å²) >= 11 is 5.27. The lowest BCUT2D eigenvalue weighted by Crippen LogP contribution is -2.01. The smallest absolute Gasteiger partial charge is 0.216 e. The third kappa shape index (κ3) is 3.97. The molecule has 0 aliphatic heterocycles. The van der Waals surface area contributed by atoms with Crippen LogP contribution in [0.3, 0.4) is 0 Å². The first-order valence-electron chi connectivity index (χ1n) is 7.65. The van der Waals surface area contributed by atoms with Crippen molar-refractivity contribution in [2.75, 3.05) is 7.11 Å². The Hall–Kier alpha value is -2.73. The zero-order chi connectivity index (χ0) is 16.8. The highest BCUT2D eigenvalue weighted by molar-refractivity contribution is 7.71. The fourth-order valence-corrected chi connectivity index (χ4v) is 2.52. The minimum atomic E-state index is 0.489. The number of aromatic amines is 1. The van der Waals surface area contributed by atoms with Crippen LogP contribution in [-0.2, 0) is 12.8 Å². The predicted octanol–water partition coefficient (Wildman–Crippen LogP) is 3.62. The van der Waals surface area contributed by atoms with Crippen LogP contribution in [0.25, 0.3) is 0 Å². The summed E-state index contributed by atoms with van der Waals surface area (Å²) in [4.78, 5) is 0. The monoisotopic (exact) mass is 338 g/mol. The molecular weight excluding hydrogens is 320 g/mol. The number of methoxy groups -OCH3 is 1. The van der Waals surface area contributed by atoms with Gasteiger partial charge < -0.3 is 4.74 Å². The van der Waals surface area contributed by atoms with E-state index in [-0.39, 0.29) is 0 Å². The normalized spacial score (nSPS) is 11.0. The molecule has 0 saturated heterocycles. The molecule has 2 aromatic carbocycles. The van der Waals surface area contributed by atoms with E-state index in [0.29, 0.717) is 4.77 Å². The number of nitrogens with zero attached hydrogens (tertiary/aromatic N) is 3. The Bertz CT molecular complexity index is 866. The molecule has 0 saturated carbocycles. The van der Waals surface area contributed by atoms with Gasteiger partial charge in [0.1, 0.15) is 5.75 Å². The number of ether oxygens (including phenoxy) is 1. The van der Waals surface area contributed by atoms with Crippen molar-refractivity contribution in [2.45, 2.75) is 12.8 Å². The maximum Gasteiger partial charge on any atom is 0.216 e. The van der Waals surface area contributed by atoms with Crippen LogP contribution in [0.2, 0.25) is 0 Å². The Morgan fingerprint density at radius 3 is 2.58 bits per heavy atom. The first kappa shape index (κ1) is 16.1. The van der Waals surface area contributed by atoms with Crippen LogP contribution in [0.4, 0.5) is 0 Å². The topological polar surface area (TPSA) is 55.2 Å². The van der Waals surface area contributed by atoms with Crippen molar-refractivity contribution in [1.29, 1.82) is 0 Å². The second-order valence-corrected chi connectivity index (χ2v) is 5.65.